The standard InChI is InChI=1S/C12H25N3/c1-9-4-5-11(8-10(9)2)15(3)7-6-12(13)14/h9-11H,4-8H2,1-3H3,(H3,13,14). The summed E-state index contributed by atoms with van der Waals surface area (Å²) >= 11 is 0. The topological polar surface area (TPSA) is 53.1 Å². The molecule has 1 fully saturated rings. The minimum Gasteiger partial charge on any atom is -0.388 e. The summed E-state index contributed by atoms with van der Waals surface area (Å²) in [5, 5.41) is 7.22. The Bertz CT molecular complexity index is 215. The molecule has 3 N–H and O–H groups in total. The Morgan fingerprint density at radius 1 is 1.33 bits per heavy atom. The van der Waals surface area contributed by atoms with Crippen LogP contribution in [-0.2, 0) is 0 Å². The molecule has 0 aliphatic heterocycles. The molecule has 3 heteroatoms. The molecule has 0 aromatic heterocycles. The second-order valence-electron chi connectivity index (χ2n) is 5.18. The van der Waals surface area contributed by atoms with Gasteiger partial charge in [0.05, 0.1) is 5.84 Å². The first kappa shape index (κ1) is 12.5. The van der Waals surface area contributed by atoms with Gasteiger partial charge in [-0.25, -0.2) is 0 Å². The van der Waals surface area contributed by atoms with Gasteiger partial charge in [-0.15, -0.1) is 0 Å². The van der Waals surface area contributed by atoms with Crippen molar-refractivity contribution >= 4 is 5.84 Å². The van der Waals surface area contributed by atoms with E-state index in [9.17, 15) is 0 Å². The van der Waals surface area contributed by atoms with Crippen molar-refractivity contribution in [3.63, 3.8) is 0 Å². The molecule has 0 aromatic rings. The maximum atomic E-state index is 7.22. The Morgan fingerprint density at radius 2 is 2.00 bits per heavy atom. The number of nitrogens with two attached hydrogens (primary N) is 1. The first-order chi connectivity index (χ1) is 7.00. The normalized spacial score (nSPS) is 31.9. The first-order valence-electron chi connectivity index (χ1n) is 6.03. The molecule has 0 amide bonds. The van der Waals surface area contributed by atoms with Gasteiger partial charge in [-0.3, -0.25) is 5.41 Å². The van der Waals surface area contributed by atoms with Crippen LogP contribution >= 0.6 is 0 Å². The predicted molar refractivity (Wildman–Crippen MR) is 65.1 cm³/mol. The fourth-order valence-corrected chi connectivity index (χ4v) is 2.40. The highest BCUT2D eigenvalue weighted by molar-refractivity contribution is 5.76. The zero-order valence-electron chi connectivity index (χ0n) is 10.3. The zero-order valence-corrected chi connectivity index (χ0v) is 10.3. The van der Waals surface area contributed by atoms with Gasteiger partial charge in [0.25, 0.3) is 0 Å². The number of nitrogens with one attached hydrogen (secondary N) is 1. The second kappa shape index (κ2) is 5.50. The summed E-state index contributed by atoms with van der Waals surface area (Å²) in [4.78, 5) is 2.38. The number of amidine groups is 1. The highest BCUT2D eigenvalue weighted by Crippen LogP contribution is 2.31. The molecule has 0 aromatic carbocycles. The minimum absolute atomic E-state index is 0.305. The van der Waals surface area contributed by atoms with Gasteiger partial charge in [-0.1, -0.05) is 13.8 Å². The van der Waals surface area contributed by atoms with Crippen molar-refractivity contribution in [1.29, 1.82) is 5.41 Å². The van der Waals surface area contributed by atoms with Gasteiger partial charge in [0.15, 0.2) is 0 Å². The average Bonchev–Trinajstić information content (AvgIpc) is 2.18. The second-order valence-corrected chi connectivity index (χ2v) is 5.18. The quantitative estimate of drug-likeness (QED) is 0.552. The van der Waals surface area contributed by atoms with Gasteiger partial charge in [-0.05, 0) is 38.1 Å². The molecule has 3 nitrogen and oxygen atoms in total. The van der Waals surface area contributed by atoms with Crippen LogP contribution in [0, 0.1) is 17.2 Å². The molecule has 0 spiro atoms. The van der Waals surface area contributed by atoms with Gasteiger partial charge in [-0.2, -0.15) is 0 Å². The summed E-state index contributed by atoms with van der Waals surface area (Å²) in [7, 11) is 2.16. The summed E-state index contributed by atoms with van der Waals surface area (Å²) in [6, 6.07) is 0.704. The molecule has 3 unspecified atom stereocenters. The molecular weight excluding hydrogens is 186 g/mol. The van der Waals surface area contributed by atoms with E-state index in [0.29, 0.717) is 18.3 Å². The van der Waals surface area contributed by atoms with Gasteiger partial charge in [0.1, 0.15) is 0 Å². The third kappa shape index (κ3) is 3.82. The van der Waals surface area contributed by atoms with Crippen molar-refractivity contribution in [2.45, 2.75) is 45.6 Å². The van der Waals surface area contributed by atoms with Crippen molar-refractivity contribution in [3.8, 4) is 0 Å². The van der Waals surface area contributed by atoms with E-state index < -0.39 is 0 Å². The van der Waals surface area contributed by atoms with E-state index in [0.717, 1.165) is 18.4 Å². The van der Waals surface area contributed by atoms with Gasteiger partial charge in [0.2, 0.25) is 0 Å². The van der Waals surface area contributed by atoms with Crippen molar-refractivity contribution in [3.05, 3.63) is 0 Å². The fourth-order valence-electron chi connectivity index (χ4n) is 2.40. The van der Waals surface area contributed by atoms with E-state index in [4.69, 9.17) is 11.1 Å². The van der Waals surface area contributed by atoms with Crippen LogP contribution in [0.5, 0.6) is 0 Å². The third-order valence-corrected chi connectivity index (χ3v) is 3.93. The van der Waals surface area contributed by atoms with Crippen LogP contribution < -0.4 is 5.73 Å². The lowest BCUT2D eigenvalue weighted by Crippen LogP contribution is -2.39. The van der Waals surface area contributed by atoms with Crippen molar-refractivity contribution in [2.24, 2.45) is 17.6 Å². The monoisotopic (exact) mass is 211 g/mol. The van der Waals surface area contributed by atoms with Gasteiger partial charge < -0.3 is 10.6 Å². The highest BCUT2D eigenvalue weighted by atomic mass is 15.1. The summed E-state index contributed by atoms with van der Waals surface area (Å²) in [6.45, 7) is 5.65. The zero-order chi connectivity index (χ0) is 11.4. The lowest BCUT2D eigenvalue weighted by Gasteiger charge is -2.37. The number of nitrogens with zero attached hydrogens (tertiary/aromatic N) is 1. The van der Waals surface area contributed by atoms with Crippen LogP contribution in [0.1, 0.15) is 39.5 Å². The maximum absolute atomic E-state index is 7.22. The first-order valence-corrected chi connectivity index (χ1v) is 6.03. The molecule has 1 aliphatic carbocycles. The fraction of sp³-hybridized carbons (Fsp3) is 0.917. The van der Waals surface area contributed by atoms with E-state index in [2.05, 4.69) is 25.8 Å². The minimum atomic E-state index is 0.305. The Morgan fingerprint density at radius 3 is 2.53 bits per heavy atom. The summed E-state index contributed by atoms with van der Waals surface area (Å²) < 4.78 is 0. The smallest absolute Gasteiger partial charge is 0.0918 e. The van der Waals surface area contributed by atoms with Gasteiger partial charge >= 0.3 is 0 Å². The molecule has 0 heterocycles. The Hall–Kier alpha value is -0.570. The Balaban J connectivity index is 2.33. The largest absolute Gasteiger partial charge is 0.388 e. The van der Waals surface area contributed by atoms with Crippen molar-refractivity contribution in [1.82, 2.24) is 4.90 Å². The Labute approximate surface area is 93.5 Å². The van der Waals surface area contributed by atoms with Crippen LogP contribution in [-0.4, -0.2) is 30.4 Å². The summed E-state index contributed by atoms with van der Waals surface area (Å²) in [5.74, 6) is 2.02. The maximum Gasteiger partial charge on any atom is 0.0918 e. The Kier molecular flexibility index (Phi) is 4.58. The molecule has 15 heavy (non-hydrogen) atoms. The van der Waals surface area contributed by atoms with Crippen LogP contribution in [0.4, 0.5) is 0 Å². The van der Waals surface area contributed by atoms with Crippen LogP contribution in [0.3, 0.4) is 0 Å². The summed E-state index contributed by atoms with van der Waals surface area (Å²) in [6.07, 6.45) is 4.66. The third-order valence-electron chi connectivity index (χ3n) is 3.93. The molecule has 88 valence electrons. The molecule has 1 aliphatic rings. The SMILES string of the molecule is CC1CCC(N(C)CCC(=N)N)CC1C. The van der Waals surface area contributed by atoms with Crippen molar-refractivity contribution in [2.75, 3.05) is 13.6 Å². The average molecular weight is 211 g/mol. The van der Waals surface area contributed by atoms with Crippen molar-refractivity contribution < 1.29 is 0 Å². The molecule has 0 radical (unpaired) electrons. The molecule has 0 saturated heterocycles. The van der Waals surface area contributed by atoms with E-state index in [1.165, 1.54) is 19.3 Å². The molecule has 0 bridgehead atoms. The number of rotatable bonds is 4. The number of hydrogen-bond donors (Lipinski definition) is 2. The van der Waals surface area contributed by atoms with Crippen LogP contribution in [0.2, 0.25) is 0 Å². The predicted octanol–water partition coefficient (Wildman–Crippen LogP) is 2.07. The van der Waals surface area contributed by atoms with E-state index in [1.807, 2.05) is 0 Å². The van der Waals surface area contributed by atoms with Gasteiger partial charge in [0, 0.05) is 19.0 Å². The van der Waals surface area contributed by atoms with E-state index >= 15 is 0 Å². The van der Waals surface area contributed by atoms with E-state index in [-0.39, 0.29) is 0 Å². The molecular formula is C12H25N3. The lowest BCUT2D eigenvalue weighted by atomic mass is 9.78. The van der Waals surface area contributed by atoms with Crippen LogP contribution in [0.25, 0.3) is 0 Å². The molecule has 3 atom stereocenters. The van der Waals surface area contributed by atoms with E-state index in [1.54, 1.807) is 0 Å². The van der Waals surface area contributed by atoms with Crippen LogP contribution in [0.15, 0.2) is 0 Å². The number of hydrogen-bond acceptors (Lipinski definition) is 2. The molecule has 1 rings (SSSR count). The summed E-state index contributed by atoms with van der Waals surface area (Å²) in [5.41, 5.74) is 5.38. The lowest BCUT2D eigenvalue weighted by molar-refractivity contribution is 0.134. The molecule has 1 saturated carbocycles. The highest BCUT2D eigenvalue weighted by Gasteiger charge is 2.26.